The van der Waals surface area contributed by atoms with Gasteiger partial charge < -0.3 is 16.0 Å². The highest BCUT2D eigenvalue weighted by Gasteiger charge is 2.16. The molecule has 0 spiro atoms. The van der Waals surface area contributed by atoms with E-state index in [4.69, 9.17) is 4.98 Å². The molecule has 1 aliphatic heterocycles. The molecule has 8 heteroatoms. The third-order valence-corrected chi connectivity index (χ3v) is 7.21. The molecule has 1 aliphatic rings. The van der Waals surface area contributed by atoms with E-state index >= 15 is 0 Å². The van der Waals surface area contributed by atoms with Gasteiger partial charge in [0, 0.05) is 36.3 Å². The van der Waals surface area contributed by atoms with Crippen LogP contribution in [0, 0.1) is 0 Å². The number of hydrogen-bond acceptors (Lipinski definition) is 7. The highest BCUT2D eigenvalue weighted by molar-refractivity contribution is 7.21. The van der Waals surface area contributed by atoms with E-state index in [2.05, 4.69) is 32.0 Å². The maximum atomic E-state index is 13.0. The van der Waals surface area contributed by atoms with Crippen molar-refractivity contribution in [2.75, 3.05) is 18.4 Å². The zero-order valence-corrected chi connectivity index (χ0v) is 19.8. The average Bonchev–Trinajstić information content (AvgIpc) is 3.57. The second kappa shape index (κ2) is 9.50. The number of aromatic nitrogens is 3. The highest BCUT2D eigenvalue weighted by Crippen LogP contribution is 2.34. The Hall–Kier alpha value is -3.72. The van der Waals surface area contributed by atoms with Crippen LogP contribution in [0.25, 0.3) is 31.8 Å². The number of pyridine rings is 2. The quantitative estimate of drug-likeness (QED) is 0.329. The van der Waals surface area contributed by atoms with Gasteiger partial charge in [0.05, 0.1) is 11.2 Å². The van der Waals surface area contributed by atoms with Gasteiger partial charge in [-0.2, -0.15) is 0 Å². The number of benzene rings is 2. The van der Waals surface area contributed by atoms with Gasteiger partial charge in [-0.05, 0) is 48.9 Å². The minimum absolute atomic E-state index is 0.253. The van der Waals surface area contributed by atoms with Gasteiger partial charge in [0.15, 0.2) is 0 Å². The van der Waals surface area contributed by atoms with E-state index in [1.165, 1.54) is 11.3 Å². The maximum Gasteiger partial charge on any atom is 0.274 e. The molecule has 1 saturated heterocycles. The molecule has 6 rings (SSSR count). The number of amides is 1. The molecule has 5 aromatic rings. The molecule has 1 atom stereocenters. The molecule has 174 valence electrons. The zero-order chi connectivity index (χ0) is 23.6. The molecule has 1 amide bonds. The van der Waals surface area contributed by atoms with Crippen molar-refractivity contribution in [2.24, 2.45) is 0 Å². The van der Waals surface area contributed by atoms with Gasteiger partial charge >= 0.3 is 0 Å². The normalized spacial score (nSPS) is 15.6. The van der Waals surface area contributed by atoms with Crippen molar-refractivity contribution in [3.63, 3.8) is 0 Å². The molecular formula is C27H24N6OS. The number of fused-ring (bicyclic) bond motifs is 2. The van der Waals surface area contributed by atoms with Crippen LogP contribution in [0.5, 0.6) is 0 Å². The molecule has 2 aromatic carbocycles. The number of anilines is 1. The Morgan fingerprint density at radius 2 is 1.91 bits per heavy atom. The van der Waals surface area contributed by atoms with Crippen molar-refractivity contribution < 1.29 is 4.79 Å². The lowest BCUT2D eigenvalue weighted by molar-refractivity contribution is 0.102. The molecule has 1 fully saturated rings. The van der Waals surface area contributed by atoms with Crippen LogP contribution < -0.4 is 16.0 Å². The van der Waals surface area contributed by atoms with Gasteiger partial charge in [-0.25, -0.2) is 15.0 Å². The van der Waals surface area contributed by atoms with E-state index in [1.54, 1.807) is 6.07 Å². The standard InChI is InChI=1S/C27H24N6OS/c34-25(23-10-9-18-5-1-3-7-21(18)31-23)32-22-8-4-2-6-20(22)26-33-24-13-17(15-30-27(24)35-26)14-29-19-11-12-28-16-19/h1-10,13,15,19,28-29H,11-12,14,16H2,(H,32,34)/t19-/m1/s1. The van der Waals surface area contributed by atoms with E-state index in [-0.39, 0.29) is 5.91 Å². The first-order valence-electron chi connectivity index (χ1n) is 11.7. The van der Waals surface area contributed by atoms with Crippen LogP contribution in [-0.2, 0) is 6.54 Å². The third-order valence-electron chi connectivity index (χ3n) is 6.20. The van der Waals surface area contributed by atoms with Crippen LogP contribution in [0.3, 0.4) is 0 Å². The Bertz CT molecular complexity index is 1520. The number of carbonyl (C=O) groups excluding carboxylic acids is 1. The number of carbonyl (C=O) groups is 1. The lowest BCUT2D eigenvalue weighted by Crippen LogP contribution is -2.30. The minimum Gasteiger partial charge on any atom is -0.320 e. The maximum absolute atomic E-state index is 13.0. The fourth-order valence-electron chi connectivity index (χ4n) is 4.33. The molecule has 35 heavy (non-hydrogen) atoms. The fraction of sp³-hybridized carbons (Fsp3) is 0.185. The predicted molar refractivity (Wildman–Crippen MR) is 141 cm³/mol. The predicted octanol–water partition coefficient (Wildman–Crippen LogP) is 4.61. The zero-order valence-electron chi connectivity index (χ0n) is 19.0. The summed E-state index contributed by atoms with van der Waals surface area (Å²) in [7, 11) is 0. The molecule has 0 bridgehead atoms. The van der Waals surface area contributed by atoms with Crippen LogP contribution in [0.2, 0.25) is 0 Å². The van der Waals surface area contributed by atoms with Crippen molar-refractivity contribution >= 4 is 44.2 Å². The fourth-order valence-corrected chi connectivity index (χ4v) is 5.25. The summed E-state index contributed by atoms with van der Waals surface area (Å²) in [5, 5.41) is 11.8. The van der Waals surface area contributed by atoms with Gasteiger partial charge in [-0.15, -0.1) is 0 Å². The summed E-state index contributed by atoms with van der Waals surface area (Å²) in [4.78, 5) is 27.9. The Morgan fingerprint density at radius 1 is 1.03 bits per heavy atom. The Morgan fingerprint density at radius 3 is 2.83 bits per heavy atom. The second-order valence-electron chi connectivity index (χ2n) is 8.65. The number of nitrogens with zero attached hydrogens (tertiary/aromatic N) is 3. The van der Waals surface area contributed by atoms with Crippen LogP contribution in [-0.4, -0.2) is 40.0 Å². The lowest BCUT2D eigenvalue weighted by Gasteiger charge is -2.10. The number of hydrogen-bond donors (Lipinski definition) is 3. The van der Waals surface area contributed by atoms with Gasteiger partial charge in [0.25, 0.3) is 5.91 Å². The summed E-state index contributed by atoms with van der Waals surface area (Å²) in [5.74, 6) is -0.253. The molecule has 0 radical (unpaired) electrons. The molecule has 3 N–H and O–H groups in total. The van der Waals surface area contributed by atoms with Gasteiger partial charge in [0.2, 0.25) is 0 Å². The minimum atomic E-state index is -0.253. The number of nitrogens with one attached hydrogen (secondary N) is 3. The van der Waals surface area contributed by atoms with Crippen molar-refractivity contribution in [1.29, 1.82) is 0 Å². The molecule has 7 nitrogen and oxygen atoms in total. The van der Waals surface area contributed by atoms with Crippen molar-refractivity contribution in [3.05, 3.63) is 84.2 Å². The molecule has 4 heterocycles. The number of rotatable bonds is 6. The largest absolute Gasteiger partial charge is 0.320 e. The smallest absolute Gasteiger partial charge is 0.274 e. The van der Waals surface area contributed by atoms with Crippen molar-refractivity contribution in [3.8, 4) is 10.6 Å². The molecule has 0 unspecified atom stereocenters. The van der Waals surface area contributed by atoms with Crippen molar-refractivity contribution in [1.82, 2.24) is 25.6 Å². The summed E-state index contributed by atoms with van der Waals surface area (Å²) in [5.41, 5.74) is 4.71. The first-order valence-corrected chi connectivity index (χ1v) is 12.5. The number of para-hydroxylation sites is 2. The lowest BCUT2D eigenvalue weighted by atomic mass is 10.1. The highest BCUT2D eigenvalue weighted by atomic mass is 32.1. The summed E-state index contributed by atoms with van der Waals surface area (Å²) in [6, 6.07) is 21.7. The Labute approximate surface area is 206 Å². The Balaban J connectivity index is 1.24. The molecule has 0 aliphatic carbocycles. The first kappa shape index (κ1) is 21.8. The van der Waals surface area contributed by atoms with Gasteiger partial charge in [0.1, 0.15) is 21.0 Å². The van der Waals surface area contributed by atoms with Crippen LogP contribution in [0.15, 0.2) is 72.9 Å². The van der Waals surface area contributed by atoms with Gasteiger partial charge in [-0.3, -0.25) is 4.79 Å². The van der Waals surface area contributed by atoms with E-state index in [1.807, 2.05) is 60.8 Å². The van der Waals surface area contributed by atoms with E-state index in [9.17, 15) is 4.79 Å². The van der Waals surface area contributed by atoms with E-state index in [0.29, 0.717) is 17.4 Å². The monoisotopic (exact) mass is 480 g/mol. The van der Waals surface area contributed by atoms with E-state index in [0.717, 1.165) is 63.4 Å². The summed E-state index contributed by atoms with van der Waals surface area (Å²) >= 11 is 1.52. The average molecular weight is 481 g/mol. The number of thiazole rings is 1. The van der Waals surface area contributed by atoms with Crippen LogP contribution in [0.1, 0.15) is 22.5 Å². The van der Waals surface area contributed by atoms with Crippen LogP contribution in [0.4, 0.5) is 5.69 Å². The topological polar surface area (TPSA) is 91.8 Å². The SMILES string of the molecule is O=C(Nc1ccccc1-c1nc2cc(CN[C@@H]3CCNC3)cnc2s1)c1ccc2ccccc2n1. The Kier molecular flexibility index (Phi) is 5.91. The summed E-state index contributed by atoms with van der Waals surface area (Å²) in [6.07, 6.45) is 3.06. The molecule has 0 saturated carbocycles. The summed E-state index contributed by atoms with van der Waals surface area (Å²) < 4.78 is 0. The van der Waals surface area contributed by atoms with Gasteiger partial charge in [-0.1, -0.05) is 47.7 Å². The third kappa shape index (κ3) is 4.64. The molecule has 3 aromatic heterocycles. The van der Waals surface area contributed by atoms with Crippen LogP contribution >= 0.6 is 11.3 Å². The first-order chi connectivity index (χ1) is 17.2. The van der Waals surface area contributed by atoms with E-state index < -0.39 is 0 Å². The summed E-state index contributed by atoms with van der Waals surface area (Å²) in [6.45, 7) is 2.85. The van der Waals surface area contributed by atoms with Crippen molar-refractivity contribution in [2.45, 2.75) is 19.0 Å². The molecular weight excluding hydrogens is 456 g/mol. The second-order valence-corrected chi connectivity index (χ2v) is 9.62.